The van der Waals surface area contributed by atoms with E-state index in [0.717, 1.165) is 0 Å². The molecular formula is C15H33NO. The van der Waals surface area contributed by atoms with Crippen molar-refractivity contribution in [2.75, 3.05) is 19.6 Å². The van der Waals surface area contributed by atoms with Gasteiger partial charge in [0.2, 0.25) is 0 Å². The van der Waals surface area contributed by atoms with Gasteiger partial charge in [0.05, 0.1) is 25.8 Å². The van der Waals surface area contributed by atoms with Gasteiger partial charge in [0.1, 0.15) is 0 Å². The first kappa shape index (κ1) is 19.0. The Hall–Kier alpha value is -0.340. The first-order valence-corrected chi connectivity index (χ1v) is 7.24. The molecule has 0 bridgehead atoms. The van der Waals surface area contributed by atoms with E-state index in [9.17, 15) is 0 Å². The minimum atomic E-state index is 0. The fraction of sp³-hybridized carbons (Fsp3) is 0.867. The van der Waals surface area contributed by atoms with Crippen molar-refractivity contribution >= 4 is 0 Å². The Morgan fingerprint density at radius 2 is 1.12 bits per heavy atom. The standard InChI is InChI=1S/C15H32N.H2O/c1-5-9-13-16(12-8-4,14-10-6-2)15-11-7-3;/h8,12H,5-7,9-11,13-15H2,1-4H3;1H2/q+1;/p-1. The molecule has 0 saturated carbocycles. The summed E-state index contributed by atoms with van der Waals surface area (Å²) >= 11 is 0. The van der Waals surface area contributed by atoms with E-state index in [1.807, 2.05) is 0 Å². The van der Waals surface area contributed by atoms with E-state index >= 15 is 0 Å². The molecule has 0 atom stereocenters. The van der Waals surface area contributed by atoms with E-state index in [2.05, 4.69) is 40.0 Å². The van der Waals surface area contributed by atoms with Crippen LogP contribution in [0.2, 0.25) is 0 Å². The van der Waals surface area contributed by atoms with Crippen molar-refractivity contribution in [3.8, 4) is 0 Å². The summed E-state index contributed by atoms with van der Waals surface area (Å²) in [4.78, 5) is 0. The van der Waals surface area contributed by atoms with Gasteiger partial charge in [0.25, 0.3) is 0 Å². The summed E-state index contributed by atoms with van der Waals surface area (Å²) in [6.07, 6.45) is 12.7. The van der Waals surface area contributed by atoms with Crippen LogP contribution in [0, 0.1) is 0 Å². The summed E-state index contributed by atoms with van der Waals surface area (Å²) < 4.78 is 1.23. The number of unbranched alkanes of at least 4 members (excludes halogenated alkanes) is 3. The second-order valence-electron chi connectivity index (χ2n) is 4.93. The van der Waals surface area contributed by atoms with Gasteiger partial charge >= 0.3 is 0 Å². The van der Waals surface area contributed by atoms with E-state index in [0.29, 0.717) is 0 Å². The van der Waals surface area contributed by atoms with Gasteiger partial charge in [-0.2, -0.15) is 0 Å². The molecule has 0 aliphatic heterocycles. The largest absolute Gasteiger partial charge is 0.870 e. The third kappa shape index (κ3) is 8.39. The van der Waals surface area contributed by atoms with Crippen LogP contribution in [0.5, 0.6) is 0 Å². The molecule has 0 unspecified atom stereocenters. The maximum atomic E-state index is 2.45. The van der Waals surface area contributed by atoms with Crippen LogP contribution in [0.1, 0.15) is 66.2 Å². The molecule has 1 N–H and O–H groups in total. The molecule has 17 heavy (non-hydrogen) atoms. The molecule has 0 saturated heterocycles. The highest BCUT2D eigenvalue weighted by atomic mass is 16.0. The molecular weight excluding hydrogens is 210 g/mol. The van der Waals surface area contributed by atoms with Gasteiger partial charge in [0, 0.05) is 0 Å². The Balaban J connectivity index is 0. The Bertz CT molecular complexity index is 156. The van der Waals surface area contributed by atoms with Crippen LogP contribution in [0.4, 0.5) is 0 Å². The van der Waals surface area contributed by atoms with Crippen molar-refractivity contribution in [3.05, 3.63) is 12.3 Å². The third-order valence-corrected chi connectivity index (χ3v) is 3.34. The molecule has 0 fully saturated rings. The fourth-order valence-corrected chi connectivity index (χ4v) is 2.29. The van der Waals surface area contributed by atoms with Crippen LogP contribution in [-0.4, -0.2) is 29.6 Å². The molecule has 0 aromatic rings. The van der Waals surface area contributed by atoms with Gasteiger partial charge < -0.3 is 5.48 Å². The van der Waals surface area contributed by atoms with Crippen molar-refractivity contribution in [2.45, 2.75) is 66.2 Å². The Morgan fingerprint density at radius 1 is 0.765 bits per heavy atom. The lowest BCUT2D eigenvalue weighted by atomic mass is 10.2. The van der Waals surface area contributed by atoms with Crippen LogP contribution in [-0.2, 0) is 0 Å². The summed E-state index contributed by atoms with van der Waals surface area (Å²) in [7, 11) is 0. The lowest BCUT2D eigenvalue weighted by molar-refractivity contribution is -0.880. The Kier molecular flexibility index (Phi) is 13.6. The molecule has 0 aliphatic rings. The highest BCUT2D eigenvalue weighted by Crippen LogP contribution is 2.15. The molecule has 2 heteroatoms. The zero-order valence-electron chi connectivity index (χ0n) is 12.4. The second-order valence-corrected chi connectivity index (χ2v) is 4.93. The van der Waals surface area contributed by atoms with Gasteiger partial charge in [0.15, 0.2) is 0 Å². The zero-order chi connectivity index (χ0) is 12.3. The first-order chi connectivity index (χ1) is 7.74. The highest BCUT2D eigenvalue weighted by molar-refractivity contribution is 4.69. The zero-order valence-corrected chi connectivity index (χ0v) is 12.4. The Labute approximate surface area is 109 Å². The maximum Gasteiger partial charge on any atom is 0.0915 e. The molecule has 0 aromatic heterocycles. The van der Waals surface area contributed by atoms with Gasteiger partial charge in [-0.05, 0) is 32.3 Å². The average molecular weight is 243 g/mol. The minimum Gasteiger partial charge on any atom is -0.870 e. The molecule has 104 valence electrons. The number of quaternary nitrogens is 1. The molecule has 0 radical (unpaired) electrons. The van der Waals surface area contributed by atoms with Crippen molar-refractivity contribution in [3.63, 3.8) is 0 Å². The predicted octanol–water partition coefficient (Wildman–Crippen LogP) is 4.56. The van der Waals surface area contributed by atoms with E-state index in [1.54, 1.807) is 0 Å². The smallest absolute Gasteiger partial charge is 0.0915 e. The minimum absolute atomic E-state index is 0. The number of hydrogen-bond acceptors (Lipinski definition) is 1. The maximum absolute atomic E-state index is 2.45. The van der Waals surface area contributed by atoms with Gasteiger partial charge in [-0.15, -0.1) is 0 Å². The topological polar surface area (TPSA) is 30.0 Å². The average Bonchev–Trinajstić information content (AvgIpc) is 2.31. The molecule has 0 amide bonds. The molecule has 0 aliphatic carbocycles. The van der Waals surface area contributed by atoms with Gasteiger partial charge in [-0.25, -0.2) is 0 Å². The molecule has 0 rings (SSSR count). The van der Waals surface area contributed by atoms with E-state index in [4.69, 9.17) is 0 Å². The summed E-state index contributed by atoms with van der Waals surface area (Å²) in [5.74, 6) is 0. The fourth-order valence-electron chi connectivity index (χ4n) is 2.29. The highest BCUT2D eigenvalue weighted by Gasteiger charge is 2.22. The van der Waals surface area contributed by atoms with E-state index in [-0.39, 0.29) is 5.48 Å². The molecule has 2 nitrogen and oxygen atoms in total. The normalized spacial score (nSPS) is 11.8. The summed E-state index contributed by atoms with van der Waals surface area (Å²) in [5, 5.41) is 0. The second kappa shape index (κ2) is 12.1. The van der Waals surface area contributed by atoms with Gasteiger partial charge in [-0.1, -0.05) is 40.0 Å². The monoisotopic (exact) mass is 243 g/mol. The lowest BCUT2D eigenvalue weighted by Crippen LogP contribution is -2.45. The molecule has 0 aromatic carbocycles. The van der Waals surface area contributed by atoms with Gasteiger partial charge in [-0.3, -0.25) is 4.48 Å². The van der Waals surface area contributed by atoms with Crippen molar-refractivity contribution < 1.29 is 9.96 Å². The quantitative estimate of drug-likeness (QED) is 0.517. The van der Waals surface area contributed by atoms with Crippen LogP contribution in [0.3, 0.4) is 0 Å². The number of rotatable bonds is 10. The van der Waals surface area contributed by atoms with Crippen LogP contribution in [0.15, 0.2) is 12.3 Å². The molecule has 0 heterocycles. The predicted molar refractivity (Wildman–Crippen MR) is 76.3 cm³/mol. The first-order valence-electron chi connectivity index (χ1n) is 7.24. The Morgan fingerprint density at radius 3 is 1.35 bits per heavy atom. The van der Waals surface area contributed by atoms with Crippen molar-refractivity contribution in [1.29, 1.82) is 0 Å². The lowest BCUT2D eigenvalue weighted by Gasteiger charge is -2.35. The van der Waals surface area contributed by atoms with Crippen LogP contribution in [0.25, 0.3) is 0 Å². The van der Waals surface area contributed by atoms with Crippen LogP contribution < -0.4 is 0 Å². The summed E-state index contributed by atoms with van der Waals surface area (Å²) in [6, 6.07) is 0. The summed E-state index contributed by atoms with van der Waals surface area (Å²) in [5.41, 5.74) is 0. The van der Waals surface area contributed by atoms with Crippen molar-refractivity contribution in [2.24, 2.45) is 0 Å². The van der Waals surface area contributed by atoms with E-state index < -0.39 is 0 Å². The SMILES string of the molecule is CC=C[N+](CCCC)(CCCC)CCCC.[OH-]. The van der Waals surface area contributed by atoms with E-state index in [1.165, 1.54) is 62.6 Å². The third-order valence-electron chi connectivity index (χ3n) is 3.34. The van der Waals surface area contributed by atoms with Crippen LogP contribution >= 0.6 is 0 Å². The summed E-state index contributed by atoms with van der Waals surface area (Å²) in [6.45, 7) is 13.1. The number of nitrogens with zero attached hydrogens (tertiary/aromatic N) is 1. The molecule has 0 spiro atoms. The van der Waals surface area contributed by atoms with Crippen molar-refractivity contribution in [1.82, 2.24) is 0 Å². The number of hydrogen-bond donors (Lipinski definition) is 0. The number of allylic oxidation sites excluding steroid dienone is 1.